The van der Waals surface area contributed by atoms with Crippen molar-refractivity contribution in [2.45, 2.75) is 0 Å². The number of hydrogen-bond donors (Lipinski definition) is 1. The van der Waals surface area contributed by atoms with Gasteiger partial charge in [0.2, 0.25) is 0 Å². The Balaban J connectivity index is 2.54. The number of fused-ring (bicyclic) bond motifs is 1. The second-order valence-electron chi connectivity index (χ2n) is 2.42. The number of aromatic nitrogens is 1. The van der Waals surface area contributed by atoms with Gasteiger partial charge >= 0.3 is 0 Å². The molecule has 0 unspecified atom stereocenters. The van der Waals surface area contributed by atoms with E-state index in [1.807, 2.05) is 0 Å². The molecule has 0 aliphatic rings. The third kappa shape index (κ3) is 1.56. The molecule has 1 aromatic heterocycles. The van der Waals surface area contributed by atoms with E-state index >= 15 is 0 Å². The van der Waals surface area contributed by atoms with Gasteiger partial charge in [0, 0.05) is 6.07 Å². The van der Waals surface area contributed by atoms with E-state index in [4.69, 9.17) is 21.5 Å². The smallest absolute Gasteiger partial charge is 0.266 e. The van der Waals surface area contributed by atoms with Crippen molar-refractivity contribution in [2.24, 2.45) is 0 Å². The predicted octanol–water partition coefficient (Wildman–Crippen LogP) is 2.43. The van der Waals surface area contributed by atoms with Crippen molar-refractivity contribution < 1.29 is 14.2 Å². The molecule has 0 aliphatic carbocycles. The highest BCUT2D eigenvalue weighted by Gasteiger charge is 2.00. The fourth-order valence-electron chi connectivity index (χ4n) is 1.08. The molecule has 0 atom stereocenters. The van der Waals surface area contributed by atoms with Gasteiger partial charge in [0.25, 0.3) is 4.84 Å². The van der Waals surface area contributed by atoms with Crippen LogP contribution >= 0.6 is 12.2 Å². The minimum Gasteiger partial charge on any atom is -0.429 e. The topological polar surface area (TPSA) is 47.4 Å². The lowest BCUT2D eigenvalue weighted by molar-refractivity contribution is -0.178. The average Bonchev–Trinajstić information content (AvgIpc) is 2.44. The summed E-state index contributed by atoms with van der Waals surface area (Å²) >= 11 is 4.83. The van der Waals surface area contributed by atoms with E-state index < -0.39 is 0 Å². The van der Waals surface area contributed by atoms with Crippen molar-refractivity contribution in [1.29, 1.82) is 0 Å². The Labute approximate surface area is 79.0 Å². The Morgan fingerprint density at radius 1 is 1.46 bits per heavy atom. The molecule has 1 heterocycles. The van der Waals surface area contributed by atoms with Crippen molar-refractivity contribution >= 4 is 23.3 Å². The lowest BCUT2D eigenvalue weighted by atomic mass is 10.3. The number of oxazole rings is 1. The molecule has 0 saturated carbocycles. The Hall–Kier alpha value is -1.33. The maximum atomic E-state index is 5.16. The maximum Gasteiger partial charge on any atom is 0.266 e. The maximum absolute atomic E-state index is 5.16. The normalized spacial score (nSPS) is 10.5. The Bertz CT molecular complexity index is 473. The van der Waals surface area contributed by atoms with E-state index in [0.717, 1.165) is 5.52 Å². The van der Waals surface area contributed by atoms with Crippen molar-refractivity contribution in [3.05, 3.63) is 23.0 Å². The molecule has 1 aromatic carbocycles. The molecule has 1 N–H and O–H groups in total. The number of rotatable bonds is 2. The largest absolute Gasteiger partial charge is 0.429 e. The van der Waals surface area contributed by atoms with Crippen LogP contribution in [0.1, 0.15) is 0 Å². The summed E-state index contributed by atoms with van der Waals surface area (Å²) in [6.45, 7) is 0. The van der Waals surface area contributed by atoms with Crippen molar-refractivity contribution in [1.82, 2.24) is 4.98 Å². The molecule has 0 spiro atoms. The van der Waals surface area contributed by atoms with Gasteiger partial charge in [0.1, 0.15) is 0 Å². The monoisotopic (exact) mass is 197 g/mol. The van der Waals surface area contributed by atoms with Crippen molar-refractivity contribution in [3.8, 4) is 5.75 Å². The molecular weight excluding hydrogens is 190 g/mol. The molecule has 2 aromatic rings. The second-order valence-corrected chi connectivity index (χ2v) is 2.79. The summed E-state index contributed by atoms with van der Waals surface area (Å²) in [7, 11) is 1.45. The minimum atomic E-state index is 0.351. The quantitative estimate of drug-likeness (QED) is 0.456. The number of benzene rings is 1. The number of H-pyrrole nitrogens is 1. The van der Waals surface area contributed by atoms with E-state index in [2.05, 4.69) is 9.87 Å². The molecule has 0 bridgehead atoms. The van der Waals surface area contributed by atoms with Crippen LogP contribution in [0, 0.1) is 4.84 Å². The van der Waals surface area contributed by atoms with E-state index in [-0.39, 0.29) is 0 Å². The van der Waals surface area contributed by atoms with Gasteiger partial charge in [-0.1, -0.05) is 0 Å². The molecule has 2 rings (SSSR count). The molecule has 5 heteroatoms. The zero-order chi connectivity index (χ0) is 9.26. The van der Waals surface area contributed by atoms with Crippen LogP contribution in [0.5, 0.6) is 5.75 Å². The third-order valence-corrected chi connectivity index (χ3v) is 1.76. The van der Waals surface area contributed by atoms with Crippen LogP contribution in [0.2, 0.25) is 0 Å². The zero-order valence-corrected chi connectivity index (χ0v) is 7.68. The molecule has 0 saturated heterocycles. The highest BCUT2D eigenvalue weighted by Crippen LogP contribution is 2.19. The van der Waals surface area contributed by atoms with Crippen LogP contribution in [0.4, 0.5) is 0 Å². The van der Waals surface area contributed by atoms with E-state index in [0.29, 0.717) is 16.2 Å². The SMILES string of the molecule is COOc1ccc2oc(=S)[nH]c2c1. The van der Waals surface area contributed by atoms with Crippen LogP contribution in [0.3, 0.4) is 0 Å². The van der Waals surface area contributed by atoms with Crippen molar-refractivity contribution in [3.63, 3.8) is 0 Å². The summed E-state index contributed by atoms with van der Waals surface area (Å²) in [6, 6.07) is 5.24. The van der Waals surface area contributed by atoms with Crippen LogP contribution < -0.4 is 4.89 Å². The standard InChI is InChI=1S/C8H7NO3S/c1-10-12-5-2-3-7-6(4-5)9-8(13)11-7/h2-4H,1H3,(H,9,13). The van der Waals surface area contributed by atoms with Crippen LogP contribution in [-0.2, 0) is 4.89 Å². The van der Waals surface area contributed by atoms with Crippen LogP contribution in [-0.4, -0.2) is 12.1 Å². The van der Waals surface area contributed by atoms with Crippen LogP contribution in [0.15, 0.2) is 22.6 Å². The third-order valence-electron chi connectivity index (χ3n) is 1.57. The van der Waals surface area contributed by atoms with E-state index in [1.54, 1.807) is 18.2 Å². The Morgan fingerprint density at radius 3 is 3.08 bits per heavy atom. The highest BCUT2D eigenvalue weighted by atomic mass is 32.1. The van der Waals surface area contributed by atoms with Gasteiger partial charge in [-0.2, -0.15) is 4.89 Å². The average molecular weight is 197 g/mol. The molecule has 0 amide bonds. The van der Waals surface area contributed by atoms with Gasteiger partial charge in [0.05, 0.1) is 12.6 Å². The van der Waals surface area contributed by atoms with Gasteiger partial charge in [-0.25, -0.2) is 0 Å². The molecule has 4 nitrogen and oxygen atoms in total. The first-order chi connectivity index (χ1) is 6.29. The fourth-order valence-corrected chi connectivity index (χ4v) is 1.28. The lowest BCUT2D eigenvalue weighted by Gasteiger charge is -1.98. The molecule has 13 heavy (non-hydrogen) atoms. The van der Waals surface area contributed by atoms with Crippen LogP contribution in [0.25, 0.3) is 11.1 Å². The zero-order valence-electron chi connectivity index (χ0n) is 6.87. The summed E-state index contributed by atoms with van der Waals surface area (Å²) < 4.78 is 5.16. The fraction of sp³-hybridized carbons (Fsp3) is 0.125. The van der Waals surface area contributed by atoms with Gasteiger partial charge in [-0.3, -0.25) is 0 Å². The van der Waals surface area contributed by atoms with E-state index in [9.17, 15) is 0 Å². The summed E-state index contributed by atoms with van der Waals surface area (Å²) in [5.74, 6) is 0.599. The van der Waals surface area contributed by atoms with Crippen molar-refractivity contribution in [2.75, 3.05) is 7.11 Å². The first-order valence-corrected chi connectivity index (χ1v) is 4.04. The Morgan fingerprint density at radius 2 is 2.31 bits per heavy atom. The summed E-state index contributed by atoms with van der Waals surface area (Å²) in [5.41, 5.74) is 1.49. The molecule has 68 valence electrons. The molecular formula is C8H7NO3S. The first kappa shape index (κ1) is 8.28. The minimum absolute atomic E-state index is 0.351. The highest BCUT2D eigenvalue weighted by molar-refractivity contribution is 7.71. The van der Waals surface area contributed by atoms with Gasteiger partial charge in [0.15, 0.2) is 11.3 Å². The predicted molar refractivity (Wildman–Crippen MR) is 49.0 cm³/mol. The van der Waals surface area contributed by atoms with Gasteiger partial charge in [-0.15, -0.1) is 0 Å². The summed E-state index contributed by atoms with van der Waals surface area (Å²) in [4.78, 5) is 12.6. The second kappa shape index (κ2) is 3.20. The van der Waals surface area contributed by atoms with Gasteiger partial charge < -0.3 is 14.3 Å². The Kier molecular flexibility index (Phi) is 2.03. The summed E-state index contributed by atoms with van der Waals surface area (Å²) in [5, 5.41) is 0. The number of aromatic amines is 1. The lowest BCUT2D eigenvalue weighted by Crippen LogP contribution is -1.89. The first-order valence-electron chi connectivity index (χ1n) is 3.63. The molecule has 0 aliphatic heterocycles. The summed E-state index contributed by atoms with van der Waals surface area (Å²) in [6.07, 6.45) is 0. The number of nitrogens with one attached hydrogen (secondary N) is 1. The molecule has 0 fully saturated rings. The molecule has 0 radical (unpaired) electrons. The van der Waals surface area contributed by atoms with E-state index in [1.165, 1.54) is 7.11 Å². The van der Waals surface area contributed by atoms with Gasteiger partial charge in [-0.05, 0) is 24.4 Å². The number of hydrogen-bond acceptors (Lipinski definition) is 4.